The second-order valence-corrected chi connectivity index (χ2v) is 7.75. The van der Waals surface area contributed by atoms with Crippen LogP contribution in [0.2, 0.25) is 0 Å². The number of benzene rings is 2. The Morgan fingerprint density at radius 3 is 1.89 bits per heavy atom. The third kappa shape index (κ3) is 2.83. The van der Waals surface area contributed by atoms with E-state index >= 15 is 0 Å². The van der Waals surface area contributed by atoms with Crippen LogP contribution in [0.25, 0.3) is 10.8 Å². The number of aryl methyl sites for hydroxylation is 1. The topological polar surface area (TPSA) is 0 Å². The number of hydrogen-bond acceptors (Lipinski definition) is 0. The smallest absolute Gasteiger partial charge is 0.0126 e. The van der Waals surface area contributed by atoms with E-state index in [1.54, 1.807) is 0 Å². The van der Waals surface area contributed by atoms with Crippen LogP contribution in [0.3, 0.4) is 0 Å². The van der Waals surface area contributed by atoms with Crippen LogP contribution >= 0.6 is 0 Å². The van der Waals surface area contributed by atoms with Crippen molar-refractivity contribution in [2.75, 3.05) is 0 Å². The normalized spacial score (nSPS) is 13.0. The van der Waals surface area contributed by atoms with Crippen LogP contribution in [0.15, 0.2) is 30.3 Å². The van der Waals surface area contributed by atoms with Crippen LogP contribution in [0, 0.1) is 6.92 Å². The Balaban J connectivity index is 2.80. The van der Waals surface area contributed by atoms with Gasteiger partial charge in [-0.1, -0.05) is 77.4 Å². The Labute approximate surface area is 117 Å². The minimum atomic E-state index is 0.181. The van der Waals surface area contributed by atoms with Crippen molar-refractivity contribution in [3.05, 3.63) is 47.0 Å². The molecule has 0 aliphatic heterocycles. The van der Waals surface area contributed by atoms with Crippen molar-refractivity contribution < 1.29 is 0 Å². The zero-order valence-electron chi connectivity index (χ0n) is 13.4. The van der Waals surface area contributed by atoms with Crippen molar-refractivity contribution in [2.24, 2.45) is 0 Å². The average molecular weight is 254 g/mol. The van der Waals surface area contributed by atoms with Crippen LogP contribution in [0.5, 0.6) is 0 Å². The molecule has 0 heterocycles. The molecule has 0 heteroatoms. The second-order valence-electron chi connectivity index (χ2n) is 7.75. The molecule has 0 aromatic heterocycles. The molecule has 2 rings (SSSR count). The molecule has 0 bridgehead atoms. The highest BCUT2D eigenvalue weighted by molar-refractivity contribution is 5.88. The molecular weight excluding hydrogens is 228 g/mol. The Morgan fingerprint density at radius 2 is 1.37 bits per heavy atom. The maximum absolute atomic E-state index is 2.38. The summed E-state index contributed by atoms with van der Waals surface area (Å²) in [6.07, 6.45) is 0. The number of fused-ring (bicyclic) bond motifs is 1. The summed E-state index contributed by atoms with van der Waals surface area (Å²) in [5.74, 6) is 0. The van der Waals surface area contributed by atoms with E-state index in [1.807, 2.05) is 0 Å². The van der Waals surface area contributed by atoms with Gasteiger partial charge in [0.2, 0.25) is 0 Å². The Bertz CT molecular complexity index is 604. The molecule has 0 spiro atoms. The summed E-state index contributed by atoms with van der Waals surface area (Å²) >= 11 is 0. The van der Waals surface area contributed by atoms with Crippen molar-refractivity contribution in [3.63, 3.8) is 0 Å². The minimum Gasteiger partial charge on any atom is -0.0579 e. The third-order valence-electron chi connectivity index (χ3n) is 3.77. The molecule has 0 atom stereocenters. The Morgan fingerprint density at radius 1 is 0.737 bits per heavy atom. The quantitative estimate of drug-likeness (QED) is 0.562. The standard InChI is InChI=1S/C19H26/c1-13-10-14-8-9-15(18(2,3)4)12-16(14)17(11-13)19(5,6)7/h8-12H,1-7H3. The molecule has 102 valence electrons. The average Bonchev–Trinajstić information content (AvgIpc) is 2.24. The van der Waals surface area contributed by atoms with E-state index in [2.05, 4.69) is 78.8 Å². The molecule has 0 radical (unpaired) electrons. The maximum Gasteiger partial charge on any atom is -0.0126 e. The molecule has 2 aromatic rings. The molecule has 0 fully saturated rings. The van der Waals surface area contributed by atoms with E-state index < -0.39 is 0 Å². The summed E-state index contributed by atoms with van der Waals surface area (Å²) in [6.45, 7) is 15.9. The molecule has 0 aliphatic carbocycles. The Kier molecular flexibility index (Phi) is 3.24. The fourth-order valence-corrected chi connectivity index (χ4v) is 2.59. The highest BCUT2D eigenvalue weighted by atomic mass is 14.2. The first-order valence-electron chi connectivity index (χ1n) is 7.14. The van der Waals surface area contributed by atoms with Crippen LogP contribution in [-0.4, -0.2) is 0 Å². The van der Waals surface area contributed by atoms with E-state index in [0.717, 1.165) is 0 Å². The van der Waals surface area contributed by atoms with Gasteiger partial charge < -0.3 is 0 Å². The van der Waals surface area contributed by atoms with E-state index in [9.17, 15) is 0 Å². The van der Waals surface area contributed by atoms with Gasteiger partial charge in [0.1, 0.15) is 0 Å². The van der Waals surface area contributed by atoms with E-state index in [0.29, 0.717) is 0 Å². The molecule has 0 saturated carbocycles. The van der Waals surface area contributed by atoms with E-state index in [-0.39, 0.29) is 10.8 Å². The van der Waals surface area contributed by atoms with E-state index in [1.165, 1.54) is 27.5 Å². The summed E-state index contributed by atoms with van der Waals surface area (Å²) in [5, 5.41) is 2.77. The third-order valence-corrected chi connectivity index (χ3v) is 3.77. The predicted molar refractivity (Wildman–Crippen MR) is 86.1 cm³/mol. The molecule has 19 heavy (non-hydrogen) atoms. The number of rotatable bonds is 0. The summed E-state index contributed by atoms with van der Waals surface area (Å²) in [6, 6.07) is 11.6. The number of hydrogen-bond donors (Lipinski definition) is 0. The van der Waals surface area contributed by atoms with Crippen molar-refractivity contribution >= 4 is 10.8 Å². The van der Waals surface area contributed by atoms with Gasteiger partial charge in [0.15, 0.2) is 0 Å². The molecule has 0 amide bonds. The molecule has 0 nitrogen and oxygen atoms in total. The monoisotopic (exact) mass is 254 g/mol. The van der Waals surface area contributed by atoms with Gasteiger partial charge in [-0.3, -0.25) is 0 Å². The van der Waals surface area contributed by atoms with Crippen LogP contribution in [0.1, 0.15) is 58.2 Å². The maximum atomic E-state index is 2.38. The van der Waals surface area contributed by atoms with Crippen LogP contribution < -0.4 is 0 Å². The van der Waals surface area contributed by atoms with Crippen LogP contribution in [-0.2, 0) is 10.8 Å². The van der Waals surface area contributed by atoms with Gasteiger partial charge in [0, 0.05) is 0 Å². The minimum absolute atomic E-state index is 0.181. The van der Waals surface area contributed by atoms with Crippen LogP contribution in [0.4, 0.5) is 0 Å². The SMILES string of the molecule is Cc1cc(C(C)(C)C)c2cc(C(C)(C)C)ccc2c1. The van der Waals surface area contributed by atoms with Gasteiger partial charge in [-0.2, -0.15) is 0 Å². The van der Waals surface area contributed by atoms with Gasteiger partial charge in [0.25, 0.3) is 0 Å². The summed E-state index contributed by atoms with van der Waals surface area (Å²) in [5.41, 5.74) is 4.60. The second kappa shape index (κ2) is 4.37. The molecule has 0 saturated heterocycles. The van der Waals surface area contributed by atoms with Gasteiger partial charge in [0.05, 0.1) is 0 Å². The first-order valence-corrected chi connectivity index (χ1v) is 7.14. The lowest BCUT2D eigenvalue weighted by Gasteiger charge is -2.25. The largest absolute Gasteiger partial charge is 0.0579 e. The molecule has 0 N–H and O–H groups in total. The van der Waals surface area contributed by atoms with Crippen molar-refractivity contribution in [3.8, 4) is 0 Å². The fraction of sp³-hybridized carbons (Fsp3) is 0.474. The molecule has 2 aromatic carbocycles. The van der Waals surface area contributed by atoms with Gasteiger partial charge in [-0.25, -0.2) is 0 Å². The zero-order valence-corrected chi connectivity index (χ0v) is 13.4. The summed E-state index contributed by atoms with van der Waals surface area (Å²) in [4.78, 5) is 0. The summed E-state index contributed by atoms with van der Waals surface area (Å²) < 4.78 is 0. The Hall–Kier alpha value is -1.30. The molecular formula is C19H26. The first kappa shape index (κ1) is 14.1. The van der Waals surface area contributed by atoms with Crippen molar-refractivity contribution in [2.45, 2.75) is 59.3 Å². The first-order chi connectivity index (χ1) is 8.59. The molecule has 0 aliphatic rings. The fourth-order valence-electron chi connectivity index (χ4n) is 2.59. The van der Waals surface area contributed by atoms with Gasteiger partial charge in [-0.15, -0.1) is 0 Å². The van der Waals surface area contributed by atoms with Gasteiger partial charge >= 0.3 is 0 Å². The lowest BCUT2D eigenvalue weighted by Crippen LogP contribution is -2.14. The van der Waals surface area contributed by atoms with Gasteiger partial charge in [-0.05, 0) is 39.7 Å². The summed E-state index contributed by atoms with van der Waals surface area (Å²) in [7, 11) is 0. The molecule has 0 unspecified atom stereocenters. The predicted octanol–water partition coefficient (Wildman–Crippen LogP) is 5.74. The lowest BCUT2D eigenvalue weighted by molar-refractivity contribution is 0.587. The zero-order chi connectivity index (χ0) is 14.4. The van der Waals surface area contributed by atoms with E-state index in [4.69, 9.17) is 0 Å². The highest BCUT2D eigenvalue weighted by Gasteiger charge is 2.19. The highest BCUT2D eigenvalue weighted by Crippen LogP contribution is 2.34. The van der Waals surface area contributed by atoms with Crippen molar-refractivity contribution in [1.29, 1.82) is 0 Å². The lowest BCUT2D eigenvalue weighted by atomic mass is 9.80. The van der Waals surface area contributed by atoms with Crippen molar-refractivity contribution in [1.82, 2.24) is 0 Å².